The van der Waals surface area contributed by atoms with Gasteiger partial charge in [-0.2, -0.15) is 5.10 Å². The van der Waals surface area contributed by atoms with Crippen LogP contribution in [0.5, 0.6) is 11.5 Å². The number of phenols is 1. The average molecular weight is 341 g/mol. The summed E-state index contributed by atoms with van der Waals surface area (Å²) in [5.41, 5.74) is 3.66. The number of para-hydroxylation sites is 1. The van der Waals surface area contributed by atoms with Crippen molar-refractivity contribution in [2.24, 2.45) is 5.10 Å². The summed E-state index contributed by atoms with van der Waals surface area (Å²) in [6.45, 7) is 1.74. The number of hydrazone groups is 1. The highest BCUT2D eigenvalue weighted by molar-refractivity contribution is 5.97. The second kappa shape index (κ2) is 8.49. The Hall–Kier alpha value is -3.35. The summed E-state index contributed by atoms with van der Waals surface area (Å²) in [5.74, 6) is -0.322. The first-order valence-corrected chi connectivity index (χ1v) is 7.64. The number of nitrogens with zero attached hydrogens (tertiary/aromatic N) is 1. The van der Waals surface area contributed by atoms with Crippen LogP contribution in [0.3, 0.4) is 0 Å². The van der Waals surface area contributed by atoms with Crippen LogP contribution in [0.2, 0.25) is 0 Å². The minimum absolute atomic E-state index is 0.0627. The number of anilines is 1. The van der Waals surface area contributed by atoms with E-state index in [2.05, 4.69) is 15.8 Å². The summed E-state index contributed by atoms with van der Waals surface area (Å²) in [6, 6.07) is 11.5. The molecule has 0 bridgehead atoms. The van der Waals surface area contributed by atoms with Crippen molar-refractivity contribution in [2.45, 2.75) is 13.3 Å². The molecule has 130 valence electrons. The minimum Gasteiger partial charge on any atom is -0.504 e. The van der Waals surface area contributed by atoms with E-state index in [1.165, 1.54) is 13.3 Å². The van der Waals surface area contributed by atoms with Crippen molar-refractivity contribution in [3.8, 4) is 11.5 Å². The summed E-state index contributed by atoms with van der Waals surface area (Å²) in [4.78, 5) is 23.5. The molecule has 2 aromatic carbocycles. The molecule has 0 aliphatic heterocycles. The minimum atomic E-state index is -0.439. The quantitative estimate of drug-likeness (QED) is 0.555. The molecule has 7 heteroatoms. The number of nitrogens with one attached hydrogen (secondary N) is 2. The molecule has 7 nitrogen and oxygen atoms in total. The van der Waals surface area contributed by atoms with Crippen molar-refractivity contribution >= 4 is 23.7 Å². The van der Waals surface area contributed by atoms with Gasteiger partial charge in [0.2, 0.25) is 5.91 Å². The van der Waals surface area contributed by atoms with Gasteiger partial charge in [0.25, 0.3) is 5.91 Å². The molecular formula is C18H19N3O4. The second-order valence-corrected chi connectivity index (χ2v) is 5.08. The molecular weight excluding hydrogens is 322 g/mol. The predicted molar refractivity (Wildman–Crippen MR) is 95.1 cm³/mol. The van der Waals surface area contributed by atoms with Crippen molar-refractivity contribution < 1.29 is 19.4 Å². The van der Waals surface area contributed by atoms with Crippen LogP contribution in [-0.4, -0.2) is 30.2 Å². The van der Waals surface area contributed by atoms with E-state index < -0.39 is 5.91 Å². The maximum absolute atomic E-state index is 12.1. The molecule has 2 rings (SSSR count). The number of amides is 2. The van der Waals surface area contributed by atoms with Crippen molar-refractivity contribution in [3.05, 3.63) is 53.6 Å². The molecule has 0 heterocycles. The molecule has 25 heavy (non-hydrogen) atoms. The standard InChI is InChI=1S/C18H19N3O4/c1-3-16(22)20-14-8-4-6-12(10-14)18(24)21-19-11-13-7-5-9-15(25-2)17(13)23/h4-11,23H,3H2,1-2H3,(H,20,22)(H,21,24)/b19-11-. The maximum atomic E-state index is 12.1. The molecule has 0 aliphatic rings. The lowest BCUT2D eigenvalue weighted by molar-refractivity contribution is -0.115. The monoisotopic (exact) mass is 341 g/mol. The highest BCUT2D eigenvalue weighted by atomic mass is 16.5. The lowest BCUT2D eigenvalue weighted by Crippen LogP contribution is -2.18. The Bertz CT molecular complexity index is 803. The lowest BCUT2D eigenvalue weighted by Gasteiger charge is -2.06. The first kappa shape index (κ1) is 18.0. The Morgan fingerprint density at radius 3 is 2.72 bits per heavy atom. The van der Waals surface area contributed by atoms with E-state index in [1.807, 2.05) is 0 Å². The van der Waals surface area contributed by atoms with Crippen LogP contribution in [-0.2, 0) is 4.79 Å². The molecule has 0 atom stereocenters. The number of rotatable bonds is 6. The third kappa shape index (κ3) is 4.81. The van der Waals surface area contributed by atoms with Gasteiger partial charge in [0.15, 0.2) is 11.5 Å². The maximum Gasteiger partial charge on any atom is 0.271 e. The summed E-state index contributed by atoms with van der Waals surface area (Å²) in [5, 5.41) is 16.5. The number of hydrogen-bond donors (Lipinski definition) is 3. The first-order chi connectivity index (χ1) is 12.0. The molecule has 0 spiro atoms. The van der Waals surface area contributed by atoms with E-state index in [0.717, 1.165) is 0 Å². The van der Waals surface area contributed by atoms with Crippen LogP contribution >= 0.6 is 0 Å². The van der Waals surface area contributed by atoms with Gasteiger partial charge in [0, 0.05) is 23.2 Å². The molecule has 3 N–H and O–H groups in total. The molecule has 0 saturated carbocycles. The third-order valence-corrected chi connectivity index (χ3v) is 3.35. The van der Waals surface area contributed by atoms with Gasteiger partial charge in [-0.1, -0.05) is 19.1 Å². The summed E-state index contributed by atoms with van der Waals surface area (Å²) in [7, 11) is 1.45. The van der Waals surface area contributed by atoms with E-state index in [-0.39, 0.29) is 11.7 Å². The fourth-order valence-electron chi connectivity index (χ4n) is 2.02. The van der Waals surface area contributed by atoms with Crippen LogP contribution in [0.15, 0.2) is 47.6 Å². The van der Waals surface area contributed by atoms with Crippen LogP contribution in [0.1, 0.15) is 29.3 Å². The van der Waals surface area contributed by atoms with Crippen molar-refractivity contribution in [1.29, 1.82) is 0 Å². The summed E-state index contributed by atoms with van der Waals surface area (Å²) in [6.07, 6.45) is 1.67. The molecule has 0 unspecified atom stereocenters. The van der Waals surface area contributed by atoms with Crippen LogP contribution in [0, 0.1) is 0 Å². The molecule has 0 fully saturated rings. The van der Waals surface area contributed by atoms with Gasteiger partial charge in [-0.15, -0.1) is 0 Å². The number of phenolic OH excluding ortho intramolecular Hbond substituents is 1. The number of carbonyl (C=O) groups is 2. The Balaban J connectivity index is 2.05. The number of hydrogen-bond acceptors (Lipinski definition) is 5. The normalized spacial score (nSPS) is 10.5. The average Bonchev–Trinajstić information content (AvgIpc) is 2.63. The third-order valence-electron chi connectivity index (χ3n) is 3.35. The lowest BCUT2D eigenvalue weighted by atomic mass is 10.2. The zero-order chi connectivity index (χ0) is 18.2. The summed E-state index contributed by atoms with van der Waals surface area (Å²) < 4.78 is 5.00. The first-order valence-electron chi connectivity index (χ1n) is 7.64. The van der Waals surface area contributed by atoms with E-state index in [4.69, 9.17) is 4.74 Å². The van der Waals surface area contributed by atoms with Gasteiger partial charge in [0.1, 0.15) is 0 Å². The largest absolute Gasteiger partial charge is 0.504 e. The van der Waals surface area contributed by atoms with E-state index in [0.29, 0.717) is 29.0 Å². The molecule has 0 aliphatic carbocycles. The molecule has 0 saturated heterocycles. The molecule has 0 aromatic heterocycles. The van der Waals surface area contributed by atoms with E-state index in [9.17, 15) is 14.7 Å². The van der Waals surface area contributed by atoms with Crippen LogP contribution in [0.25, 0.3) is 0 Å². The number of aromatic hydroxyl groups is 1. The topological polar surface area (TPSA) is 100 Å². The highest BCUT2D eigenvalue weighted by Gasteiger charge is 2.08. The van der Waals surface area contributed by atoms with E-state index >= 15 is 0 Å². The van der Waals surface area contributed by atoms with Crippen LogP contribution < -0.4 is 15.5 Å². The highest BCUT2D eigenvalue weighted by Crippen LogP contribution is 2.27. The fourth-order valence-corrected chi connectivity index (χ4v) is 2.02. The van der Waals surface area contributed by atoms with Crippen molar-refractivity contribution in [1.82, 2.24) is 5.43 Å². The zero-order valence-corrected chi connectivity index (χ0v) is 13.9. The Labute approximate surface area is 145 Å². The predicted octanol–water partition coefficient (Wildman–Crippen LogP) is 2.51. The molecule has 2 amide bonds. The Kier molecular flexibility index (Phi) is 6.11. The Morgan fingerprint density at radius 1 is 1.24 bits per heavy atom. The smallest absolute Gasteiger partial charge is 0.271 e. The van der Waals surface area contributed by atoms with Crippen LogP contribution in [0.4, 0.5) is 5.69 Å². The van der Waals surface area contributed by atoms with E-state index in [1.54, 1.807) is 49.4 Å². The number of carbonyl (C=O) groups excluding carboxylic acids is 2. The zero-order valence-electron chi connectivity index (χ0n) is 13.9. The SMILES string of the molecule is CCC(=O)Nc1cccc(C(=O)N/N=C\c2cccc(OC)c2O)c1. The van der Waals surface area contributed by atoms with Gasteiger partial charge in [-0.3, -0.25) is 9.59 Å². The number of ether oxygens (including phenoxy) is 1. The fraction of sp³-hybridized carbons (Fsp3) is 0.167. The van der Waals surface area contributed by atoms with Gasteiger partial charge in [0.05, 0.1) is 13.3 Å². The molecule has 0 radical (unpaired) electrons. The van der Waals surface area contributed by atoms with Gasteiger partial charge < -0.3 is 15.2 Å². The number of benzene rings is 2. The van der Waals surface area contributed by atoms with Gasteiger partial charge in [-0.05, 0) is 30.3 Å². The number of methoxy groups -OCH3 is 1. The van der Waals surface area contributed by atoms with Crippen molar-refractivity contribution in [3.63, 3.8) is 0 Å². The van der Waals surface area contributed by atoms with Gasteiger partial charge in [-0.25, -0.2) is 5.43 Å². The Morgan fingerprint density at radius 2 is 2.00 bits per heavy atom. The second-order valence-electron chi connectivity index (χ2n) is 5.08. The van der Waals surface area contributed by atoms with Gasteiger partial charge >= 0.3 is 0 Å². The van der Waals surface area contributed by atoms with Crippen molar-refractivity contribution in [2.75, 3.05) is 12.4 Å². The molecule has 2 aromatic rings. The summed E-state index contributed by atoms with van der Waals surface area (Å²) >= 11 is 0.